The highest BCUT2D eigenvalue weighted by atomic mass is 32.1. The Balaban J connectivity index is 1.15. The summed E-state index contributed by atoms with van der Waals surface area (Å²) in [5, 5.41) is 19.7. The molecule has 0 unspecified atom stereocenters. The lowest BCUT2D eigenvalue weighted by Gasteiger charge is -2.50. The van der Waals surface area contributed by atoms with Gasteiger partial charge in [0.25, 0.3) is 0 Å². The number of aliphatic hydroxyl groups excluding tert-OH is 1. The average Bonchev–Trinajstić information content (AvgIpc) is 3.57. The second kappa shape index (κ2) is 13.0. The zero-order valence-corrected chi connectivity index (χ0v) is 26.5. The van der Waals surface area contributed by atoms with Crippen molar-refractivity contribution in [3.8, 4) is 10.4 Å². The number of rotatable bonds is 9. The van der Waals surface area contributed by atoms with Crippen molar-refractivity contribution in [2.75, 3.05) is 26.2 Å². The summed E-state index contributed by atoms with van der Waals surface area (Å²) in [4.78, 5) is 46.9. The average molecular weight is 612 g/mol. The summed E-state index contributed by atoms with van der Waals surface area (Å²) < 4.78 is 5.91. The second-order valence-electron chi connectivity index (χ2n) is 13.5. The molecule has 10 nitrogen and oxygen atoms in total. The number of likely N-dealkylation sites (tertiary alicyclic amines) is 1. The van der Waals surface area contributed by atoms with Crippen LogP contribution in [0.25, 0.3) is 10.4 Å². The quantitative estimate of drug-likeness (QED) is 0.343. The number of nitrogens with one attached hydrogen (secondary N) is 3. The molecule has 0 radical (unpaired) electrons. The number of hydrogen-bond acceptors (Lipinski definition) is 8. The molecule has 3 amide bonds. The smallest absolute Gasteiger partial charge is 0.246 e. The molecule has 2 aromatic rings. The Labute approximate surface area is 258 Å². The summed E-state index contributed by atoms with van der Waals surface area (Å²) in [6, 6.07) is 6.25. The van der Waals surface area contributed by atoms with Crippen molar-refractivity contribution in [1.29, 1.82) is 0 Å². The number of nitrogens with zero attached hydrogens (tertiary/aromatic N) is 2. The van der Waals surface area contributed by atoms with Gasteiger partial charge in [0.2, 0.25) is 17.7 Å². The number of β-amino-alcohol motifs (C(OH)–C–C–N with tert-alkyl or cyclic N) is 1. The molecule has 3 fully saturated rings. The third-order valence-electron chi connectivity index (χ3n) is 9.15. The predicted octanol–water partition coefficient (Wildman–Crippen LogP) is 2.78. The molecular weight excluding hydrogens is 566 g/mol. The van der Waals surface area contributed by atoms with E-state index in [4.69, 9.17) is 4.74 Å². The van der Waals surface area contributed by atoms with Crippen LogP contribution in [0.3, 0.4) is 0 Å². The largest absolute Gasteiger partial charge is 0.391 e. The van der Waals surface area contributed by atoms with Gasteiger partial charge < -0.3 is 30.7 Å². The Hall–Kier alpha value is -2.86. The van der Waals surface area contributed by atoms with Crippen LogP contribution in [0, 0.1) is 17.8 Å². The van der Waals surface area contributed by atoms with Gasteiger partial charge in [-0.3, -0.25) is 14.4 Å². The van der Waals surface area contributed by atoms with Crippen molar-refractivity contribution in [2.45, 2.75) is 90.6 Å². The first-order valence-corrected chi connectivity index (χ1v) is 16.2. The number of hydrogen-bond donors (Lipinski definition) is 4. The van der Waals surface area contributed by atoms with Gasteiger partial charge in [-0.15, -0.1) is 11.3 Å². The summed E-state index contributed by atoms with van der Waals surface area (Å²) in [5.74, 6) is -1.05. The van der Waals surface area contributed by atoms with Crippen LogP contribution in [-0.4, -0.2) is 83.2 Å². The van der Waals surface area contributed by atoms with Crippen LogP contribution in [0.2, 0.25) is 0 Å². The van der Waals surface area contributed by atoms with E-state index in [2.05, 4.69) is 20.9 Å². The van der Waals surface area contributed by atoms with Crippen LogP contribution in [0.1, 0.15) is 64.1 Å². The number of ether oxygens (including phenoxy) is 1. The molecule has 1 saturated carbocycles. The summed E-state index contributed by atoms with van der Waals surface area (Å²) in [6.07, 6.45) is 3.65. The first-order chi connectivity index (χ1) is 20.4. The number of aromatic nitrogens is 1. The number of carbonyl (C=O) groups excluding carboxylic acids is 3. The van der Waals surface area contributed by atoms with E-state index in [0.29, 0.717) is 12.0 Å². The molecule has 2 saturated heterocycles. The lowest BCUT2D eigenvalue weighted by atomic mass is 9.62. The summed E-state index contributed by atoms with van der Waals surface area (Å²) in [6.45, 7) is 9.91. The van der Waals surface area contributed by atoms with E-state index in [-0.39, 0.29) is 43.4 Å². The fourth-order valence-corrected chi connectivity index (χ4v) is 7.38. The van der Waals surface area contributed by atoms with Gasteiger partial charge in [0.05, 0.1) is 28.3 Å². The normalized spacial score (nSPS) is 22.7. The van der Waals surface area contributed by atoms with Gasteiger partial charge in [0, 0.05) is 19.5 Å². The molecule has 4 N–H and O–H groups in total. The highest BCUT2D eigenvalue weighted by Gasteiger charge is 2.46. The van der Waals surface area contributed by atoms with Gasteiger partial charge in [0.1, 0.15) is 18.7 Å². The highest BCUT2D eigenvalue weighted by Crippen LogP contribution is 2.49. The van der Waals surface area contributed by atoms with Gasteiger partial charge >= 0.3 is 0 Å². The van der Waals surface area contributed by atoms with E-state index in [9.17, 15) is 19.5 Å². The molecule has 1 aromatic carbocycles. The van der Waals surface area contributed by atoms with Crippen LogP contribution >= 0.6 is 11.3 Å². The van der Waals surface area contributed by atoms with E-state index in [0.717, 1.165) is 60.5 Å². The number of benzene rings is 1. The third kappa shape index (κ3) is 7.45. The molecular formula is C32H45N5O5S. The fourth-order valence-electron chi connectivity index (χ4n) is 6.57. The van der Waals surface area contributed by atoms with Gasteiger partial charge in [-0.1, -0.05) is 45.0 Å². The van der Waals surface area contributed by atoms with E-state index in [1.807, 2.05) is 57.5 Å². The molecule has 3 atom stereocenters. The molecule has 43 heavy (non-hydrogen) atoms. The van der Waals surface area contributed by atoms with Gasteiger partial charge in [0.15, 0.2) is 0 Å². The standard InChI is InChI=1S/C32H45N5O5S/c1-20-27(43-19-35-20)22-7-5-21(6-8-22)16-34-29(40)25-13-23(38)17-37(25)30(41)28(31(2,3)4)36-26(39)18-42-24-14-32(15-24)9-11-33-12-10-32/h5-8,19,23-25,28,33,38H,9-18H2,1-4H3,(H,34,40)(H,36,39)/t23-,25+,28-/m0/s1. The summed E-state index contributed by atoms with van der Waals surface area (Å²) in [7, 11) is 0. The Bertz CT molecular complexity index is 1290. The summed E-state index contributed by atoms with van der Waals surface area (Å²) in [5.41, 5.74) is 4.54. The van der Waals surface area contributed by atoms with Crippen LogP contribution in [-0.2, 0) is 25.7 Å². The maximum Gasteiger partial charge on any atom is 0.246 e. The predicted molar refractivity (Wildman–Crippen MR) is 165 cm³/mol. The van der Waals surface area contributed by atoms with Crippen LogP contribution in [0.4, 0.5) is 0 Å². The van der Waals surface area contributed by atoms with Crippen molar-refractivity contribution >= 4 is 29.1 Å². The van der Waals surface area contributed by atoms with Crippen molar-refractivity contribution < 1.29 is 24.2 Å². The Morgan fingerprint density at radius 3 is 2.51 bits per heavy atom. The SMILES string of the molecule is Cc1ncsc1-c1ccc(CNC(=O)[C@H]2C[C@H](O)CN2C(=O)[C@H](NC(=O)COC2CC3(CCNCC3)C2)C(C)(C)C)cc1. The Morgan fingerprint density at radius 1 is 1.19 bits per heavy atom. The van der Waals surface area contributed by atoms with Crippen molar-refractivity contribution in [1.82, 2.24) is 25.8 Å². The number of carbonyl (C=O) groups is 3. The van der Waals surface area contributed by atoms with Gasteiger partial charge in [-0.2, -0.15) is 0 Å². The Kier molecular flexibility index (Phi) is 9.55. The van der Waals surface area contributed by atoms with E-state index < -0.39 is 23.6 Å². The minimum Gasteiger partial charge on any atom is -0.391 e. The van der Waals surface area contributed by atoms with Crippen LogP contribution in [0.15, 0.2) is 29.8 Å². The molecule has 1 aliphatic carbocycles. The second-order valence-corrected chi connectivity index (χ2v) is 14.4. The number of amides is 3. The van der Waals surface area contributed by atoms with Crippen LogP contribution in [0.5, 0.6) is 0 Å². The van der Waals surface area contributed by atoms with E-state index >= 15 is 0 Å². The molecule has 1 spiro atoms. The Morgan fingerprint density at radius 2 is 1.88 bits per heavy atom. The number of thiazole rings is 1. The minimum atomic E-state index is -0.871. The number of piperidine rings is 1. The fraction of sp³-hybridized carbons (Fsp3) is 0.625. The molecule has 2 aliphatic heterocycles. The monoisotopic (exact) mass is 611 g/mol. The molecule has 3 aliphatic rings. The number of aliphatic hydroxyl groups is 1. The lowest BCUT2D eigenvalue weighted by molar-refractivity contribution is -0.147. The zero-order valence-electron chi connectivity index (χ0n) is 25.7. The first-order valence-electron chi connectivity index (χ1n) is 15.3. The maximum absolute atomic E-state index is 13.8. The zero-order chi connectivity index (χ0) is 30.8. The summed E-state index contributed by atoms with van der Waals surface area (Å²) >= 11 is 1.59. The van der Waals surface area contributed by atoms with E-state index in [1.54, 1.807) is 11.3 Å². The third-order valence-corrected chi connectivity index (χ3v) is 10.1. The van der Waals surface area contributed by atoms with Crippen LogP contribution < -0.4 is 16.0 Å². The molecule has 234 valence electrons. The molecule has 0 bridgehead atoms. The highest BCUT2D eigenvalue weighted by molar-refractivity contribution is 7.13. The first kappa shape index (κ1) is 31.6. The molecule has 3 heterocycles. The molecule has 5 rings (SSSR count). The van der Waals surface area contributed by atoms with E-state index in [1.165, 1.54) is 4.90 Å². The van der Waals surface area contributed by atoms with Crippen molar-refractivity contribution in [3.63, 3.8) is 0 Å². The van der Waals surface area contributed by atoms with Gasteiger partial charge in [-0.05, 0) is 67.7 Å². The van der Waals surface area contributed by atoms with Gasteiger partial charge in [-0.25, -0.2) is 4.98 Å². The minimum absolute atomic E-state index is 0.0395. The lowest BCUT2D eigenvalue weighted by Crippen LogP contribution is -2.58. The maximum atomic E-state index is 13.8. The number of aryl methyl sites for hydroxylation is 1. The van der Waals surface area contributed by atoms with Crippen molar-refractivity contribution in [2.24, 2.45) is 10.8 Å². The molecule has 1 aromatic heterocycles. The molecule has 11 heteroatoms. The topological polar surface area (TPSA) is 133 Å². The van der Waals surface area contributed by atoms with Crippen molar-refractivity contribution in [3.05, 3.63) is 41.0 Å².